The second kappa shape index (κ2) is 5.44. The van der Waals surface area contributed by atoms with E-state index in [0.717, 1.165) is 31.5 Å². The zero-order valence-corrected chi connectivity index (χ0v) is 12.0. The Morgan fingerprint density at radius 3 is 2.90 bits per heavy atom. The van der Waals surface area contributed by atoms with Crippen molar-refractivity contribution in [2.45, 2.75) is 55.1 Å². The van der Waals surface area contributed by atoms with Gasteiger partial charge in [0.1, 0.15) is 11.4 Å². The number of H-pyrrole nitrogens is 1. The summed E-state index contributed by atoms with van der Waals surface area (Å²) >= 11 is 1.31. The Bertz CT molecular complexity index is 539. The molecule has 3 rings (SSSR count). The highest BCUT2D eigenvalue weighted by atomic mass is 32.2. The molecule has 2 aliphatic carbocycles. The van der Waals surface area contributed by atoms with Crippen LogP contribution in [0.2, 0.25) is 0 Å². The van der Waals surface area contributed by atoms with Gasteiger partial charge in [0, 0.05) is 5.92 Å². The maximum absolute atomic E-state index is 11.9. The number of carbonyl (C=O) groups excluding carboxylic acids is 1. The highest BCUT2D eigenvalue weighted by Gasteiger charge is 2.35. The van der Waals surface area contributed by atoms with Crippen molar-refractivity contribution < 1.29 is 4.79 Å². The van der Waals surface area contributed by atoms with Gasteiger partial charge in [0.25, 0.3) is 0 Å². The van der Waals surface area contributed by atoms with Crippen LogP contribution in [0.25, 0.3) is 0 Å². The monoisotopic (exact) mass is 291 g/mol. The van der Waals surface area contributed by atoms with E-state index >= 15 is 0 Å². The fourth-order valence-corrected chi connectivity index (χ4v) is 3.14. The normalized spacial score (nSPS) is 20.6. The van der Waals surface area contributed by atoms with Crippen LogP contribution < -0.4 is 5.32 Å². The molecule has 1 heterocycles. The van der Waals surface area contributed by atoms with E-state index in [-0.39, 0.29) is 11.7 Å². The van der Waals surface area contributed by atoms with Gasteiger partial charge in [0.2, 0.25) is 11.1 Å². The third kappa shape index (κ3) is 2.96. The van der Waals surface area contributed by atoms with Gasteiger partial charge >= 0.3 is 0 Å². The fourth-order valence-electron chi connectivity index (χ4n) is 2.54. The van der Waals surface area contributed by atoms with E-state index in [1.54, 1.807) is 0 Å². The molecule has 2 aliphatic rings. The fraction of sp³-hybridized carbons (Fsp3) is 0.692. The van der Waals surface area contributed by atoms with Crippen LogP contribution in [-0.4, -0.2) is 32.4 Å². The summed E-state index contributed by atoms with van der Waals surface area (Å²) in [4.78, 5) is 16.3. The summed E-state index contributed by atoms with van der Waals surface area (Å²) in [6.07, 6.45) is 5.87. The second-order valence-electron chi connectivity index (χ2n) is 5.52. The summed E-state index contributed by atoms with van der Waals surface area (Å²) in [5.74, 6) is 1.60. The summed E-state index contributed by atoms with van der Waals surface area (Å²) < 4.78 is 0. The van der Waals surface area contributed by atoms with Gasteiger partial charge in [-0.15, -0.1) is 5.10 Å². The molecular weight excluding hydrogens is 274 g/mol. The summed E-state index contributed by atoms with van der Waals surface area (Å²) in [6, 6.07) is 2.26. The molecule has 0 aliphatic heterocycles. The molecule has 0 atom stereocenters. The number of thioether (sulfide) groups is 1. The molecule has 7 heteroatoms. The first-order chi connectivity index (χ1) is 9.71. The topological polar surface area (TPSA) is 94.5 Å². The Hall–Kier alpha value is -1.55. The zero-order chi connectivity index (χ0) is 14.0. The lowest BCUT2D eigenvalue weighted by Gasteiger charge is -2.21. The van der Waals surface area contributed by atoms with Gasteiger partial charge in [-0.2, -0.15) is 5.26 Å². The molecule has 2 fully saturated rings. The summed E-state index contributed by atoms with van der Waals surface area (Å²) in [7, 11) is 0. The molecule has 0 aromatic carbocycles. The average molecular weight is 291 g/mol. The molecule has 0 unspecified atom stereocenters. The van der Waals surface area contributed by atoms with Crippen molar-refractivity contribution in [1.29, 1.82) is 5.26 Å². The summed E-state index contributed by atoms with van der Waals surface area (Å²) in [5, 5.41) is 19.7. The molecule has 20 heavy (non-hydrogen) atoms. The number of rotatable bonds is 5. The number of carbonyl (C=O) groups is 1. The van der Waals surface area contributed by atoms with Crippen LogP contribution in [0.5, 0.6) is 0 Å². The summed E-state index contributed by atoms with van der Waals surface area (Å²) in [6.45, 7) is 0. The molecule has 1 aromatic heterocycles. The van der Waals surface area contributed by atoms with Crippen LogP contribution in [0, 0.1) is 11.3 Å². The van der Waals surface area contributed by atoms with Crippen LogP contribution >= 0.6 is 11.8 Å². The standard InChI is InChI=1S/C13H17N5OS/c14-8-13(5-1-2-6-13)16-10(19)7-20-12-15-11(17-18-12)9-3-4-9/h9H,1-7H2,(H,16,19)(H,15,17,18). The van der Waals surface area contributed by atoms with Gasteiger partial charge in [0.15, 0.2) is 0 Å². The minimum Gasteiger partial charge on any atom is -0.337 e. The Morgan fingerprint density at radius 2 is 2.25 bits per heavy atom. The lowest BCUT2D eigenvalue weighted by atomic mass is 10.0. The first kappa shape index (κ1) is 13.4. The molecule has 0 bridgehead atoms. The van der Waals surface area contributed by atoms with E-state index in [1.165, 1.54) is 24.6 Å². The van der Waals surface area contributed by atoms with E-state index in [1.807, 2.05) is 0 Å². The van der Waals surface area contributed by atoms with Crippen molar-refractivity contribution in [2.75, 3.05) is 5.75 Å². The van der Waals surface area contributed by atoms with Crippen molar-refractivity contribution in [3.63, 3.8) is 0 Å². The predicted octanol–water partition coefficient (Wildman–Crippen LogP) is 1.73. The van der Waals surface area contributed by atoms with E-state index in [0.29, 0.717) is 11.1 Å². The van der Waals surface area contributed by atoms with Gasteiger partial charge in [0.05, 0.1) is 11.8 Å². The van der Waals surface area contributed by atoms with Gasteiger partial charge in [-0.3, -0.25) is 9.89 Å². The third-order valence-corrected chi connectivity index (χ3v) is 4.68. The van der Waals surface area contributed by atoms with Crippen molar-refractivity contribution >= 4 is 17.7 Å². The molecule has 106 valence electrons. The first-order valence-corrected chi connectivity index (χ1v) is 7.97. The Morgan fingerprint density at radius 1 is 1.50 bits per heavy atom. The van der Waals surface area contributed by atoms with Crippen LogP contribution in [-0.2, 0) is 4.79 Å². The van der Waals surface area contributed by atoms with E-state index < -0.39 is 5.54 Å². The van der Waals surface area contributed by atoms with Crippen LogP contribution in [0.4, 0.5) is 0 Å². The van der Waals surface area contributed by atoms with Gasteiger partial charge in [-0.1, -0.05) is 11.8 Å². The number of aromatic nitrogens is 3. The largest absolute Gasteiger partial charge is 0.337 e. The zero-order valence-electron chi connectivity index (χ0n) is 11.2. The molecule has 0 radical (unpaired) electrons. The van der Waals surface area contributed by atoms with Crippen LogP contribution in [0.3, 0.4) is 0 Å². The molecule has 6 nitrogen and oxygen atoms in total. The van der Waals surface area contributed by atoms with Crippen molar-refractivity contribution in [3.8, 4) is 6.07 Å². The first-order valence-electron chi connectivity index (χ1n) is 6.98. The van der Waals surface area contributed by atoms with Crippen molar-refractivity contribution in [2.24, 2.45) is 0 Å². The molecular formula is C13H17N5OS. The van der Waals surface area contributed by atoms with E-state index in [4.69, 9.17) is 0 Å². The number of amides is 1. The third-order valence-electron chi connectivity index (χ3n) is 3.83. The molecule has 1 amide bonds. The molecule has 1 aromatic rings. The molecule has 0 saturated heterocycles. The molecule has 2 N–H and O–H groups in total. The smallest absolute Gasteiger partial charge is 0.231 e. The van der Waals surface area contributed by atoms with Crippen molar-refractivity contribution in [1.82, 2.24) is 20.5 Å². The lowest BCUT2D eigenvalue weighted by molar-refractivity contribution is -0.119. The van der Waals surface area contributed by atoms with Crippen LogP contribution in [0.1, 0.15) is 50.3 Å². The number of hydrogen-bond donors (Lipinski definition) is 2. The molecule has 0 spiro atoms. The number of nitrogens with one attached hydrogen (secondary N) is 2. The van der Waals surface area contributed by atoms with Crippen LogP contribution in [0.15, 0.2) is 5.16 Å². The number of nitriles is 1. The Balaban J connectivity index is 1.50. The highest BCUT2D eigenvalue weighted by Crippen LogP contribution is 2.38. The van der Waals surface area contributed by atoms with Gasteiger partial charge in [-0.05, 0) is 38.5 Å². The summed E-state index contributed by atoms with van der Waals surface area (Å²) in [5.41, 5.74) is -0.643. The minimum atomic E-state index is -0.643. The van der Waals surface area contributed by atoms with E-state index in [9.17, 15) is 10.1 Å². The molecule has 2 saturated carbocycles. The average Bonchev–Trinajstić information content (AvgIpc) is 3.02. The highest BCUT2D eigenvalue weighted by molar-refractivity contribution is 7.99. The number of nitrogens with zero attached hydrogens (tertiary/aromatic N) is 3. The maximum Gasteiger partial charge on any atom is 0.231 e. The number of aromatic amines is 1. The predicted molar refractivity (Wildman–Crippen MR) is 74.0 cm³/mol. The Labute approximate surface area is 121 Å². The lowest BCUT2D eigenvalue weighted by Crippen LogP contribution is -2.45. The van der Waals surface area contributed by atoms with Gasteiger partial charge < -0.3 is 5.32 Å². The second-order valence-corrected chi connectivity index (χ2v) is 6.46. The SMILES string of the molecule is N#CC1(NC(=O)CSc2n[nH]c(C3CC3)n2)CCCC1. The van der Waals surface area contributed by atoms with Gasteiger partial charge in [-0.25, -0.2) is 4.98 Å². The minimum absolute atomic E-state index is 0.115. The van der Waals surface area contributed by atoms with E-state index in [2.05, 4.69) is 26.6 Å². The Kier molecular flexibility index (Phi) is 3.66. The van der Waals surface area contributed by atoms with Crippen molar-refractivity contribution in [3.05, 3.63) is 5.82 Å². The quantitative estimate of drug-likeness (QED) is 0.806. The number of hydrogen-bond acceptors (Lipinski definition) is 5. The maximum atomic E-state index is 11.9.